The molecule has 0 unspecified atom stereocenters. The summed E-state index contributed by atoms with van der Waals surface area (Å²) in [4.78, 5) is 2.14. The fraction of sp³-hybridized carbons (Fsp3) is 0.500. The van der Waals surface area contributed by atoms with E-state index in [0.29, 0.717) is 17.7 Å². The van der Waals surface area contributed by atoms with Gasteiger partial charge in [-0.1, -0.05) is 0 Å². The van der Waals surface area contributed by atoms with Crippen LogP contribution < -0.4 is 5.73 Å². The van der Waals surface area contributed by atoms with Gasteiger partial charge in [0.2, 0.25) is 0 Å². The normalized spacial score (nSPS) is 16.9. The Hall–Kier alpha value is -1.00. The van der Waals surface area contributed by atoms with Crippen molar-refractivity contribution >= 4 is 0 Å². The third-order valence-corrected chi connectivity index (χ3v) is 3.10. The molecule has 0 bridgehead atoms. The Morgan fingerprint density at radius 1 is 1.06 bits per heavy atom. The Kier molecular flexibility index (Phi) is 3.51. The van der Waals surface area contributed by atoms with Gasteiger partial charge in [-0.05, 0) is 38.1 Å². The van der Waals surface area contributed by atoms with Crippen molar-refractivity contribution in [2.45, 2.75) is 25.9 Å². The first-order chi connectivity index (χ1) is 7.72. The molecule has 1 heterocycles. The lowest BCUT2D eigenvalue weighted by atomic mass is 10.1. The van der Waals surface area contributed by atoms with E-state index < -0.39 is 5.82 Å². The number of benzene rings is 1. The van der Waals surface area contributed by atoms with Crippen molar-refractivity contribution in [3.05, 3.63) is 34.9 Å². The fourth-order valence-corrected chi connectivity index (χ4v) is 2.19. The van der Waals surface area contributed by atoms with Gasteiger partial charge in [0, 0.05) is 24.2 Å². The van der Waals surface area contributed by atoms with Gasteiger partial charge < -0.3 is 5.73 Å². The SMILES string of the molecule is NCc1c(F)ccc(F)c1CN1CCCC1. The van der Waals surface area contributed by atoms with Gasteiger partial charge in [0.05, 0.1) is 0 Å². The van der Waals surface area contributed by atoms with Crippen LogP contribution in [0.1, 0.15) is 24.0 Å². The minimum absolute atomic E-state index is 0.0484. The first-order valence-corrected chi connectivity index (χ1v) is 5.60. The monoisotopic (exact) mass is 226 g/mol. The lowest BCUT2D eigenvalue weighted by molar-refractivity contribution is 0.323. The molecule has 0 aromatic heterocycles. The third kappa shape index (κ3) is 2.23. The number of nitrogens with zero attached hydrogens (tertiary/aromatic N) is 1. The number of halogens is 2. The predicted molar refractivity (Wildman–Crippen MR) is 58.8 cm³/mol. The molecule has 0 saturated carbocycles. The average molecular weight is 226 g/mol. The maximum atomic E-state index is 13.6. The van der Waals surface area contributed by atoms with Gasteiger partial charge in [-0.15, -0.1) is 0 Å². The Labute approximate surface area is 94.0 Å². The van der Waals surface area contributed by atoms with E-state index in [2.05, 4.69) is 4.90 Å². The molecule has 1 aliphatic heterocycles. The van der Waals surface area contributed by atoms with Crippen molar-refractivity contribution in [2.24, 2.45) is 5.73 Å². The minimum atomic E-state index is -0.405. The number of rotatable bonds is 3. The first-order valence-electron chi connectivity index (χ1n) is 5.60. The highest BCUT2D eigenvalue weighted by molar-refractivity contribution is 5.30. The van der Waals surface area contributed by atoms with E-state index in [1.54, 1.807) is 0 Å². The summed E-state index contributed by atoms with van der Waals surface area (Å²) in [6, 6.07) is 2.32. The maximum Gasteiger partial charge on any atom is 0.128 e. The van der Waals surface area contributed by atoms with Crippen LogP contribution >= 0.6 is 0 Å². The molecular formula is C12H16F2N2. The van der Waals surface area contributed by atoms with Crippen LogP contribution in [0.4, 0.5) is 8.78 Å². The molecule has 1 saturated heterocycles. The molecule has 2 nitrogen and oxygen atoms in total. The quantitative estimate of drug-likeness (QED) is 0.854. The topological polar surface area (TPSA) is 29.3 Å². The zero-order valence-corrected chi connectivity index (χ0v) is 9.18. The Balaban J connectivity index is 2.26. The van der Waals surface area contributed by atoms with Crippen LogP contribution in [0.5, 0.6) is 0 Å². The molecule has 0 spiro atoms. The zero-order valence-electron chi connectivity index (χ0n) is 9.18. The van der Waals surface area contributed by atoms with Gasteiger partial charge in [0.1, 0.15) is 11.6 Å². The molecule has 88 valence electrons. The fourth-order valence-electron chi connectivity index (χ4n) is 2.19. The van der Waals surface area contributed by atoms with Crippen molar-refractivity contribution in [1.29, 1.82) is 0 Å². The summed E-state index contributed by atoms with van der Waals surface area (Å²) in [7, 11) is 0. The summed E-state index contributed by atoms with van der Waals surface area (Å²) < 4.78 is 27.1. The molecule has 0 atom stereocenters. The maximum absolute atomic E-state index is 13.6. The summed E-state index contributed by atoms with van der Waals surface area (Å²) in [6.07, 6.45) is 2.27. The van der Waals surface area contributed by atoms with E-state index in [1.165, 1.54) is 6.07 Å². The molecule has 0 amide bonds. The van der Waals surface area contributed by atoms with E-state index in [0.717, 1.165) is 32.0 Å². The minimum Gasteiger partial charge on any atom is -0.326 e. The third-order valence-electron chi connectivity index (χ3n) is 3.10. The largest absolute Gasteiger partial charge is 0.326 e. The van der Waals surface area contributed by atoms with E-state index in [1.807, 2.05) is 0 Å². The highest BCUT2D eigenvalue weighted by Crippen LogP contribution is 2.21. The number of nitrogens with two attached hydrogens (primary N) is 1. The van der Waals surface area contributed by atoms with Crippen molar-refractivity contribution in [2.75, 3.05) is 13.1 Å². The second kappa shape index (κ2) is 4.89. The summed E-state index contributed by atoms with van der Waals surface area (Å²) in [6.45, 7) is 2.43. The first kappa shape index (κ1) is 11.5. The molecule has 0 aliphatic carbocycles. The highest BCUT2D eigenvalue weighted by Gasteiger charge is 2.18. The second-order valence-electron chi connectivity index (χ2n) is 4.17. The van der Waals surface area contributed by atoms with Gasteiger partial charge in [-0.25, -0.2) is 8.78 Å². The van der Waals surface area contributed by atoms with Crippen LogP contribution in [0, 0.1) is 11.6 Å². The van der Waals surface area contributed by atoms with E-state index in [4.69, 9.17) is 5.73 Å². The average Bonchev–Trinajstić information content (AvgIpc) is 2.77. The summed E-state index contributed by atoms with van der Waals surface area (Å²) in [5.74, 6) is -0.758. The van der Waals surface area contributed by atoms with Gasteiger partial charge in [0.25, 0.3) is 0 Å². The molecule has 4 heteroatoms. The van der Waals surface area contributed by atoms with Crippen molar-refractivity contribution in [1.82, 2.24) is 4.90 Å². The number of hydrogen-bond acceptors (Lipinski definition) is 2. The van der Waals surface area contributed by atoms with Crippen LogP contribution in [0.2, 0.25) is 0 Å². The van der Waals surface area contributed by atoms with E-state index >= 15 is 0 Å². The van der Waals surface area contributed by atoms with Crippen LogP contribution in [0.3, 0.4) is 0 Å². The van der Waals surface area contributed by atoms with Crippen LogP contribution in [0.15, 0.2) is 12.1 Å². The molecule has 16 heavy (non-hydrogen) atoms. The Morgan fingerprint density at radius 3 is 2.19 bits per heavy atom. The van der Waals surface area contributed by atoms with Gasteiger partial charge in [-0.3, -0.25) is 4.90 Å². The summed E-state index contributed by atoms with van der Waals surface area (Å²) >= 11 is 0. The summed E-state index contributed by atoms with van der Waals surface area (Å²) in [5.41, 5.74) is 6.20. The van der Waals surface area contributed by atoms with Crippen LogP contribution in [0.25, 0.3) is 0 Å². The Bertz CT molecular complexity index is 374. The van der Waals surface area contributed by atoms with Crippen molar-refractivity contribution < 1.29 is 8.78 Å². The van der Waals surface area contributed by atoms with Crippen LogP contribution in [-0.2, 0) is 13.1 Å². The van der Waals surface area contributed by atoms with E-state index in [-0.39, 0.29) is 12.4 Å². The van der Waals surface area contributed by atoms with Crippen molar-refractivity contribution in [3.8, 4) is 0 Å². The molecule has 2 rings (SSSR count). The highest BCUT2D eigenvalue weighted by atomic mass is 19.1. The molecule has 1 aromatic rings. The lowest BCUT2D eigenvalue weighted by Gasteiger charge is -2.18. The molecular weight excluding hydrogens is 210 g/mol. The second-order valence-corrected chi connectivity index (χ2v) is 4.17. The summed E-state index contributed by atoms with van der Waals surface area (Å²) in [5, 5.41) is 0. The lowest BCUT2D eigenvalue weighted by Crippen LogP contribution is -2.21. The molecule has 1 aliphatic rings. The molecule has 1 fully saturated rings. The van der Waals surface area contributed by atoms with Crippen LogP contribution in [-0.4, -0.2) is 18.0 Å². The van der Waals surface area contributed by atoms with Crippen molar-refractivity contribution in [3.63, 3.8) is 0 Å². The number of likely N-dealkylation sites (tertiary alicyclic amines) is 1. The van der Waals surface area contributed by atoms with Gasteiger partial charge >= 0.3 is 0 Å². The molecule has 0 radical (unpaired) electrons. The molecule has 2 N–H and O–H groups in total. The van der Waals surface area contributed by atoms with Gasteiger partial charge in [-0.2, -0.15) is 0 Å². The Morgan fingerprint density at radius 2 is 1.62 bits per heavy atom. The predicted octanol–water partition coefficient (Wildman–Crippen LogP) is 2.02. The number of hydrogen-bond donors (Lipinski definition) is 1. The van der Waals surface area contributed by atoms with Gasteiger partial charge in [0.15, 0.2) is 0 Å². The van der Waals surface area contributed by atoms with E-state index in [9.17, 15) is 8.78 Å². The standard InChI is InChI=1S/C12H16F2N2/c13-11-3-4-12(14)10(9(11)7-15)8-16-5-1-2-6-16/h3-4H,1-2,5-8,15H2. The smallest absolute Gasteiger partial charge is 0.128 e. The zero-order chi connectivity index (χ0) is 11.5. The molecule has 1 aromatic carbocycles.